The molecule has 0 radical (unpaired) electrons. The van der Waals surface area contributed by atoms with E-state index in [0.29, 0.717) is 19.4 Å². The highest BCUT2D eigenvalue weighted by atomic mass is 32.2. The fourth-order valence-corrected chi connectivity index (χ4v) is 4.40. The molecule has 0 aromatic heterocycles. The largest absolute Gasteiger partial charge is 0.344 e. The van der Waals surface area contributed by atoms with Crippen LogP contribution in [0.2, 0.25) is 0 Å². The van der Waals surface area contributed by atoms with Crippen LogP contribution in [0.3, 0.4) is 0 Å². The van der Waals surface area contributed by atoms with Crippen LogP contribution in [-0.2, 0) is 19.4 Å². The summed E-state index contributed by atoms with van der Waals surface area (Å²) in [5, 5.41) is 2.81. The maximum atomic E-state index is 12.8. The Balaban J connectivity index is 2.18. The highest BCUT2D eigenvalue weighted by Gasteiger charge is 2.41. The Kier molecular flexibility index (Phi) is 4.33. The van der Waals surface area contributed by atoms with Crippen LogP contribution in [0.5, 0.6) is 0 Å². The van der Waals surface area contributed by atoms with Crippen LogP contribution < -0.4 is 5.32 Å². The van der Waals surface area contributed by atoms with E-state index in [4.69, 9.17) is 0 Å². The summed E-state index contributed by atoms with van der Waals surface area (Å²) in [6.45, 7) is 6.14. The fraction of sp³-hybridized carbons (Fsp3) is 0.857. The first-order valence-corrected chi connectivity index (χ1v) is 9.22. The Hall–Kier alpha value is -1.11. The molecule has 0 aromatic carbocycles. The number of rotatable bonds is 1. The average molecular weight is 316 g/mol. The minimum absolute atomic E-state index is 0.0708. The van der Waals surface area contributed by atoms with Crippen LogP contribution in [0.25, 0.3) is 0 Å². The summed E-state index contributed by atoms with van der Waals surface area (Å²) in [5.41, 5.74) is -0.365. The molecule has 0 spiro atoms. The van der Waals surface area contributed by atoms with E-state index in [-0.39, 0.29) is 41.2 Å². The lowest BCUT2D eigenvalue weighted by Gasteiger charge is -2.37. The van der Waals surface area contributed by atoms with Crippen molar-refractivity contribution in [2.75, 3.05) is 18.1 Å². The van der Waals surface area contributed by atoms with Crippen molar-refractivity contribution >= 4 is 21.7 Å². The topological polar surface area (TPSA) is 83.6 Å². The summed E-state index contributed by atoms with van der Waals surface area (Å²) in [4.78, 5) is 26.3. The van der Waals surface area contributed by atoms with E-state index >= 15 is 0 Å². The van der Waals surface area contributed by atoms with E-state index < -0.39 is 15.9 Å². The molecule has 2 aliphatic rings. The zero-order chi connectivity index (χ0) is 15.8. The van der Waals surface area contributed by atoms with Gasteiger partial charge in [-0.1, -0.05) is 20.8 Å². The minimum Gasteiger partial charge on any atom is -0.344 e. The molecule has 21 heavy (non-hydrogen) atoms. The molecule has 2 amide bonds. The molecule has 1 atom stereocenters. The molecule has 0 aliphatic carbocycles. The van der Waals surface area contributed by atoms with Crippen LogP contribution in [0.4, 0.5) is 0 Å². The minimum atomic E-state index is -2.95. The number of sulfone groups is 1. The monoisotopic (exact) mass is 316 g/mol. The Morgan fingerprint density at radius 1 is 1.14 bits per heavy atom. The highest BCUT2D eigenvalue weighted by molar-refractivity contribution is 7.91. The zero-order valence-corrected chi connectivity index (χ0v) is 13.7. The molecule has 2 saturated heterocycles. The third kappa shape index (κ3) is 3.75. The molecule has 1 N–H and O–H groups in total. The molecule has 0 bridgehead atoms. The highest BCUT2D eigenvalue weighted by Crippen LogP contribution is 2.26. The SMILES string of the molecule is CC(C)(C)C1NC(=O)CCN(C2CCS(=O)(=O)CC2)C1=O. The molecule has 2 aliphatic heterocycles. The molecule has 1 unspecified atom stereocenters. The lowest BCUT2D eigenvalue weighted by molar-refractivity contribution is -0.138. The van der Waals surface area contributed by atoms with Crippen LogP contribution in [0.15, 0.2) is 0 Å². The third-order valence-electron chi connectivity index (χ3n) is 4.25. The molecule has 120 valence electrons. The van der Waals surface area contributed by atoms with E-state index in [1.54, 1.807) is 4.90 Å². The van der Waals surface area contributed by atoms with Gasteiger partial charge >= 0.3 is 0 Å². The van der Waals surface area contributed by atoms with E-state index in [0.717, 1.165) is 0 Å². The predicted molar refractivity (Wildman–Crippen MR) is 79.4 cm³/mol. The van der Waals surface area contributed by atoms with E-state index in [1.165, 1.54) is 0 Å². The Morgan fingerprint density at radius 3 is 2.24 bits per heavy atom. The third-order valence-corrected chi connectivity index (χ3v) is 5.96. The molecule has 2 fully saturated rings. The van der Waals surface area contributed by atoms with Crippen molar-refractivity contribution < 1.29 is 18.0 Å². The molecule has 7 heteroatoms. The smallest absolute Gasteiger partial charge is 0.245 e. The summed E-state index contributed by atoms with van der Waals surface area (Å²) in [6.07, 6.45) is 1.22. The standard InChI is InChI=1S/C14H24N2O4S/c1-14(2,3)12-13(18)16(7-4-11(17)15-12)10-5-8-21(19,20)9-6-10/h10,12H,4-9H2,1-3H3,(H,15,17). The van der Waals surface area contributed by atoms with Crippen LogP contribution in [0.1, 0.15) is 40.0 Å². The first kappa shape index (κ1) is 16.3. The number of carbonyl (C=O) groups is 2. The van der Waals surface area contributed by atoms with Gasteiger partial charge in [0.25, 0.3) is 0 Å². The molecule has 2 heterocycles. The number of hydrogen-bond acceptors (Lipinski definition) is 4. The van der Waals surface area contributed by atoms with Gasteiger partial charge in [0, 0.05) is 19.0 Å². The Bertz CT molecular complexity index is 522. The Morgan fingerprint density at radius 2 is 1.71 bits per heavy atom. The van der Waals surface area contributed by atoms with Crippen molar-refractivity contribution in [3.05, 3.63) is 0 Å². The number of nitrogens with zero attached hydrogens (tertiary/aromatic N) is 1. The quantitative estimate of drug-likeness (QED) is 0.755. The second kappa shape index (κ2) is 5.59. The van der Waals surface area contributed by atoms with Crippen LogP contribution in [-0.4, -0.2) is 55.3 Å². The van der Waals surface area contributed by atoms with Gasteiger partial charge in [0.2, 0.25) is 11.8 Å². The van der Waals surface area contributed by atoms with E-state index in [2.05, 4.69) is 5.32 Å². The van der Waals surface area contributed by atoms with Crippen molar-refractivity contribution in [3.8, 4) is 0 Å². The van der Waals surface area contributed by atoms with Gasteiger partial charge in [-0.05, 0) is 18.3 Å². The second-order valence-corrected chi connectivity index (χ2v) is 9.33. The first-order chi connectivity index (χ1) is 9.60. The van der Waals surface area contributed by atoms with Gasteiger partial charge in [-0.2, -0.15) is 0 Å². The van der Waals surface area contributed by atoms with Gasteiger partial charge in [0.1, 0.15) is 15.9 Å². The van der Waals surface area contributed by atoms with Crippen molar-refractivity contribution in [2.24, 2.45) is 5.41 Å². The van der Waals surface area contributed by atoms with Crippen molar-refractivity contribution in [1.29, 1.82) is 0 Å². The van der Waals surface area contributed by atoms with Crippen LogP contribution in [0, 0.1) is 5.41 Å². The molecular formula is C14H24N2O4S. The number of hydrogen-bond donors (Lipinski definition) is 1. The average Bonchev–Trinajstić information content (AvgIpc) is 2.50. The van der Waals surface area contributed by atoms with Gasteiger partial charge < -0.3 is 10.2 Å². The van der Waals surface area contributed by atoms with E-state index in [9.17, 15) is 18.0 Å². The van der Waals surface area contributed by atoms with Crippen molar-refractivity contribution in [1.82, 2.24) is 10.2 Å². The Labute approximate surface area is 126 Å². The van der Waals surface area contributed by atoms with Crippen molar-refractivity contribution in [2.45, 2.75) is 52.1 Å². The van der Waals surface area contributed by atoms with Gasteiger partial charge in [-0.15, -0.1) is 0 Å². The summed E-state index contributed by atoms with van der Waals surface area (Å²) in [6, 6.07) is -0.621. The number of amides is 2. The van der Waals surface area contributed by atoms with Crippen molar-refractivity contribution in [3.63, 3.8) is 0 Å². The molecule has 0 aromatic rings. The number of nitrogens with one attached hydrogen (secondary N) is 1. The molecular weight excluding hydrogens is 292 g/mol. The summed E-state index contributed by atoms with van der Waals surface area (Å²) < 4.78 is 23.1. The summed E-state index contributed by atoms with van der Waals surface area (Å²) in [7, 11) is -2.95. The van der Waals surface area contributed by atoms with Gasteiger partial charge in [0.15, 0.2) is 0 Å². The lowest BCUT2D eigenvalue weighted by atomic mass is 9.85. The summed E-state index contributed by atoms with van der Waals surface area (Å²) >= 11 is 0. The number of carbonyl (C=O) groups excluding carboxylic acids is 2. The molecule has 0 saturated carbocycles. The van der Waals surface area contributed by atoms with Gasteiger partial charge in [-0.3, -0.25) is 9.59 Å². The van der Waals surface area contributed by atoms with Gasteiger partial charge in [0.05, 0.1) is 11.5 Å². The molecule has 2 rings (SSSR count). The normalized spacial score (nSPS) is 28.1. The predicted octanol–water partition coefficient (Wildman–Crippen LogP) is 0.327. The maximum absolute atomic E-state index is 12.8. The lowest BCUT2D eigenvalue weighted by Crippen LogP contribution is -2.55. The first-order valence-electron chi connectivity index (χ1n) is 7.40. The fourth-order valence-electron chi connectivity index (χ4n) is 2.93. The summed E-state index contributed by atoms with van der Waals surface area (Å²) in [5.74, 6) is 0.0540. The maximum Gasteiger partial charge on any atom is 0.245 e. The van der Waals surface area contributed by atoms with E-state index in [1.807, 2.05) is 20.8 Å². The van der Waals surface area contributed by atoms with Crippen LogP contribution >= 0.6 is 0 Å². The molecule has 6 nitrogen and oxygen atoms in total. The van der Waals surface area contributed by atoms with Gasteiger partial charge in [-0.25, -0.2) is 8.42 Å². The second-order valence-electron chi connectivity index (χ2n) is 7.03. The zero-order valence-electron chi connectivity index (χ0n) is 12.9.